The van der Waals surface area contributed by atoms with Crippen molar-refractivity contribution in [2.24, 2.45) is 0 Å². The summed E-state index contributed by atoms with van der Waals surface area (Å²) >= 11 is 12.9. The number of benzene rings is 3. The Bertz CT molecular complexity index is 1180. The third-order valence-electron chi connectivity index (χ3n) is 5.97. The summed E-state index contributed by atoms with van der Waals surface area (Å²) in [4.78, 5) is 28.2. The number of carbonyl (C=O) groups is 2. The molecule has 1 heterocycles. The number of rotatable bonds is 9. The van der Waals surface area contributed by atoms with E-state index in [9.17, 15) is 9.59 Å². The minimum absolute atomic E-state index is 0.114. The van der Waals surface area contributed by atoms with Crippen LogP contribution in [0.4, 0.5) is 0 Å². The highest BCUT2D eigenvalue weighted by molar-refractivity contribution is 6.36. The first-order valence-corrected chi connectivity index (χ1v) is 12.1. The second-order valence-electron chi connectivity index (χ2n) is 8.23. The summed E-state index contributed by atoms with van der Waals surface area (Å²) in [6.45, 7) is 0.306. The molecule has 0 unspecified atom stereocenters. The minimum Gasteiger partial charge on any atom is -0.454 e. The highest BCUT2D eigenvalue weighted by atomic mass is 35.5. The zero-order valence-electron chi connectivity index (χ0n) is 19.3. The molecule has 0 aromatic heterocycles. The number of aryl methyl sites for hydroxylation is 1. The zero-order valence-corrected chi connectivity index (χ0v) is 20.8. The van der Waals surface area contributed by atoms with Crippen molar-refractivity contribution < 1.29 is 19.1 Å². The van der Waals surface area contributed by atoms with E-state index in [1.165, 1.54) is 0 Å². The van der Waals surface area contributed by atoms with E-state index in [1.54, 1.807) is 30.1 Å². The van der Waals surface area contributed by atoms with Crippen molar-refractivity contribution in [3.8, 4) is 11.5 Å². The third-order valence-corrected chi connectivity index (χ3v) is 6.68. The molecular weight excluding hydrogens is 487 g/mol. The number of fused-ring (bicyclic) bond motifs is 1. The fourth-order valence-corrected chi connectivity index (χ4v) is 4.58. The molecular formula is C27H26Cl2N2O4. The van der Waals surface area contributed by atoms with Crippen LogP contribution in [0.3, 0.4) is 0 Å². The van der Waals surface area contributed by atoms with Crippen molar-refractivity contribution in [2.45, 2.75) is 31.8 Å². The number of nitrogens with one attached hydrogen (secondary N) is 1. The standard InChI is InChI=1S/C27H26Cl2N2O4/c1-30-27(33)23(14-18-6-3-2-4-7-18)31(16-20-21(28)8-5-9-22(20)29)26(32)13-11-19-10-12-24-25(15-19)35-17-34-24/h2-10,12,15,23H,11,13-14,16-17H2,1H3,(H,30,33)/t23-/m0/s1. The predicted octanol–water partition coefficient (Wildman–Crippen LogP) is 5.04. The van der Waals surface area contributed by atoms with Gasteiger partial charge in [0.1, 0.15) is 6.04 Å². The molecule has 0 saturated carbocycles. The van der Waals surface area contributed by atoms with Crippen molar-refractivity contribution in [3.63, 3.8) is 0 Å². The molecule has 3 aromatic rings. The summed E-state index contributed by atoms with van der Waals surface area (Å²) in [5.74, 6) is 0.927. The highest BCUT2D eigenvalue weighted by Gasteiger charge is 2.30. The Morgan fingerprint density at radius 1 is 0.943 bits per heavy atom. The lowest BCUT2D eigenvalue weighted by Gasteiger charge is -2.32. The van der Waals surface area contributed by atoms with Crippen LogP contribution in [0.25, 0.3) is 0 Å². The number of carbonyl (C=O) groups excluding carboxylic acids is 2. The van der Waals surface area contributed by atoms with Gasteiger partial charge in [-0.3, -0.25) is 9.59 Å². The molecule has 0 saturated heterocycles. The molecule has 1 aliphatic rings. The van der Waals surface area contributed by atoms with Gasteiger partial charge in [-0.25, -0.2) is 0 Å². The Morgan fingerprint density at radius 3 is 2.37 bits per heavy atom. The molecule has 0 spiro atoms. The fourth-order valence-electron chi connectivity index (χ4n) is 4.07. The first-order chi connectivity index (χ1) is 17.0. The molecule has 8 heteroatoms. The van der Waals surface area contributed by atoms with E-state index in [-0.39, 0.29) is 31.6 Å². The smallest absolute Gasteiger partial charge is 0.242 e. The average molecular weight is 513 g/mol. The topological polar surface area (TPSA) is 67.9 Å². The van der Waals surface area contributed by atoms with Gasteiger partial charge in [-0.2, -0.15) is 0 Å². The number of nitrogens with zero attached hydrogens (tertiary/aromatic N) is 1. The van der Waals surface area contributed by atoms with E-state index >= 15 is 0 Å². The second kappa shape index (κ2) is 11.5. The molecule has 0 fully saturated rings. The molecule has 1 atom stereocenters. The third kappa shape index (κ3) is 6.08. The summed E-state index contributed by atoms with van der Waals surface area (Å²) < 4.78 is 10.8. The zero-order chi connectivity index (χ0) is 24.8. The molecule has 182 valence electrons. The van der Waals surface area contributed by atoms with Crippen molar-refractivity contribution >= 4 is 35.0 Å². The van der Waals surface area contributed by atoms with E-state index in [0.717, 1.165) is 11.1 Å². The predicted molar refractivity (Wildman–Crippen MR) is 136 cm³/mol. The van der Waals surface area contributed by atoms with E-state index in [4.69, 9.17) is 32.7 Å². The summed E-state index contributed by atoms with van der Waals surface area (Å²) in [7, 11) is 1.57. The minimum atomic E-state index is -0.737. The summed E-state index contributed by atoms with van der Waals surface area (Å²) in [6.07, 6.45) is 1.04. The SMILES string of the molecule is CNC(=O)[C@H](Cc1ccccc1)N(Cc1c(Cl)cccc1Cl)C(=O)CCc1ccc2c(c1)OCO2. The Kier molecular flexibility index (Phi) is 8.16. The lowest BCUT2D eigenvalue weighted by molar-refractivity contribution is -0.141. The van der Waals surface area contributed by atoms with Gasteiger partial charge in [0, 0.05) is 42.0 Å². The molecule has 3 aromatic carbocycles. The number of likely N-dealkylation sites (N-methyl/N-ethyl adjacent to an activating group) is 1. The number of halogens is 2. The van der Waals surface area contributed by atoms with Crippen LogP contribution in [0.2, 0.25) is 10.0 Å². The molecule has 2 amide bonds. The summed E-state index contributed by atoms with van der Waals surface area (Å²) in [5, 5.41) is 3.60. The van der Waals surface area contributed by atoms with Crippen molar-refractivity contribution in [1.29, 1.82) is 0 Å². The summed E-state index contributed by atoms with van der Waals surface area (Å²) in [6, 6.07) is 19.7. The fraction of sp³-hybridized carbons (Fsp3) is 0.259. The number of hydrogen-bond donors (Lipinski definition) is 1. The molecule has 0 aliphatic carbocycles. The largest absolute Gasteiger partial charge is 0.454 e. The van der Waals surface area contributed by atoms with Gasteiger partial charge < -0.3 is 19.7 Å². The van der Waals surface area contributed by atoms with Gasteiger partial charge in [-0.1, -0.05) is 65.7 Å². The Labute approximate surface area is 214 Å². The highest BCUT2D eigenvalue weighted by Crippen LogP contribution is 2.33. The maximum Gasteiger partial charge on any atom is 0.242 e. The monoisotopic (exact) mass is 512 g/mol. The molecule has 1 aliphatic heterocycles. The first kappa shape index (κ1) is 24.9. The number of hydrogen-bond acceptors (Lipinski definition) is 4. The molecule has 0 radical (unpaired) electrons. The van der Waals surface area contributed by atoms with E-state index in [1.807, 2.05) is 48.5 Å². The van der Waals surface area contributed by atoms with Crippen LogP contribution in [-0.4, -0.2) is 36.6 Å². The quantitative estimate of drug-likeness (QED) is 0.436. The molecule has 4 rings (SSSR count). The normalized spacial score (nSPS) is 12.8. The summed E-state index contributed by atoms with van der Waals surface area (Å²) in [5.41, 5.74) is 2.49. The molecule has 1 N–H and O–H groups in total. The average Bonchev–Trinajstić information content (AvgIpc) is 3.34. The van der Waals surface area contributed by atoms with Crippen molar-refractivity contribution in [3.05, 3.63) is 93.5 Å². The van der Waals surface area contributed by atoms with E-state index < -0.39 is 6.04 Å². The second-order valence-corrected chi connectivity index (χ2v) is 9.04. The van der Waals surface area contributed by atoms with Gasteiger partial charge in [-0.05, 0) is 41.8 Å². The Morgan fingerprint density at radius 2 is 1.66 bits per heavy atom. The van der Waals surface area contributed by atoms with Crippen LogP contribution in [0.1, 0.15) is 23.1 Å². The Balaban J connectivity index is 1.61. The van der Waals surface area contributed by atoms with E-state index in [0.29, 0.717) is 39.9 Å². The van der Waals surface area contributed by atoms with Gasteiger partial charge >= 0.3 is 0 Å². The lowest BCUT2D eigenvalue weighted by Crippen LogP contribution is -2.49. The van der Waals surface area contributed by atoms with Gasteiger partial charge in [0.25, 0.3) is 0 Å². The first-order valence-electron chi connectivity index (χ1n) is 11.3. The Hall–Kier alpha value is -3.22. The molecule has 6 nitrogen and oxygen atoms in total. The van der Waals surface area contributed by atoms with Crippen LogP contribution in [-0.2, 0) is 29.0 Å². The van der Waals surface area contributed by atoms with Crippen LogP contribution >= 0.6 is 23.2 Å². The van der Waals surface area contributed by atoms with Crippen LogP contribution in [0, 0.1) is 0 Å². The molecule has 0 bridgehead atoms. The van der Waals surface area contributed by atoms with Crippen LogP contribution < -0.4 is 14.8 Å². The van der Waals surface area contributed by atoms with Crippen molar-refractivity contribution in [2.75, 3.05) is 13.8 Å². The number of ether oxygens (including phenoxy) is 2. The van der Waals surface area contributed by atoms with Crippen molar-refractivity contribution in [1.82, 2.24) is 10.2 Å². The van der Waals surface area contributed by atoms with Crippen LogP contribution in [0.15, 0.2) is 66.7 Å². The molecule has 35 heavy (non-hydrogen) atoms. The van der Waals surface area contributed by atoms with Crippen LogP contribution in [0.5, 0.6) is 11.5 Å². The maximum absolute atomic E-state index is 13.6. The number of amides is 2. The van der Waals surface area contributed by atoms with Gasteiger partial charge in [-0.15, -0.1) is 0 Å². The lowest BCUT2D eigenvalue weighted by atomic mass is 10.0. The maximum atomic E-state index is 13.6. The van der Waals surface area contributed by atoms with E-state index in [2.05, 4.69) is 5.32 Å². The van der Waals surface area contributed by atoms with Gasteiger partial charge in [0.15, 0.2) is 11.5 Å². The van der Waals surface area contributed by atoms with Gasteiger partial charge in [0.2, 0.25) is 18.6 Å². The van der Waals surface area contributed by atoms with Gasteiger partial charge in [0.05, 0.1) is 0 Å².